The lowest BCUT2D eigenvalue weighted by Crippen LogP contribution is -2.40. The number of hydrogen-bond acceptors (Lipinski definition) is 3. The summed E-state index contributed by atoms with van der Waals surface area (Å²) in [7, 11) is 0. The number of hydrogen-bond donors (Lipinski definition) is 3. The lowest BCUT2D eigenvalue weighted by molar-refractivity contribution is -0.137. The van der Waals surface area contributed by atoms with Gasteiger partial charge in [-0.3, -0.25) is 4.79 Å². The smallest absolute Gasteiger partial charge is 0.392 e. The van der Waals surface area contributed by atoms with Crippen LogP contribution in [-0.2, 0) is 4.79 Å². The van der Waals surface area contributed by atoms with Crippen molar-refractivity contribution >= 4 is 5.91 Å². The predicted molar refractivity (Wildman–Crippen MR) is 52.8 cm³/mol. The fourth-order valence-electron chi connectivity index (χ4n) is 1.05. The number of aliphatic hydroxyl groups is 1. The zero-order valence-corrected chi connectivity index (χ0v) is 9.10. The standard InChI is InChI=1S/C9H17F3N2O2/c1-2-3-7(15)4-13-5-8(16)14-6-9(10,11)12/h7,13,15H,2-6H2,1H3,(H,14,16). The van der Waals surface area contributed by atoms with Crippen molar-refractivity contribution in [3.63, 3.8) is 0 Å². The average molecular weight is 242 g/mol. The first-order chi connectivity index (χ1) is 7.35. The summed E-state index contributed by atoms with van der Waals surface area (Å²) in [4.78, 5) is 10.9. The van der Waals surface area contributed by atoms with Crippen LogP contribution < -0.4 is 10.6 Å². The van der Waals surface area contributed by atoms with Gasteiger partial charge in [-0.2, -0.15) is 13.2 Å². The predicted octanol–water partition coefficient (Wildman–Crippen LogP) is 0.415. The van der Waals surface area contributed by atoms with Gasteiger partial charge in [0.15, 0.2) is 0 Å². The maximum Gasteiger partial charge on any atom is 0.405 e. The normalized spacial score (nSPS) is 13.6. The summed E-state index contributed by atoms with van der Waals surface area (Å²) in [5.41, 5.74) is 0. The summed E-state index contributed by atoms with van der Waals surface area (Å²) in [6.45, 7) is 0.550. The van der Waals surface area contributed by atoms with E-state index in [1.165, 1.54) is 0 Å². The molecule has 0 aliphatic rings. The molecule has 0 aromatic rings. The molecule has 16 heavy (non-hydrogen) atoms. The Hall–Kier alpha value is -0.820. The number of aliphatic hydroxyl groups excluding tert-OH is 1. The van der Waals surface area contributed by atoms with E-state index in [4.69, 9.17) is 0 Å². The van der Waals surface area contributed by atoms with E-state index in [0.29, 0.717) is 6.42 Å². The lowest BCUT2D eigenvalue weighted by atomic mass is 10.2. The molecule has 0 bridgehead atoms. The Labute approximate surface area is 92.2 Å². The highest BCUT2D eigenvalue weighted by Crippen LogP contribution is 2.11. The summed E-state index contributed by atoms with van der Waals surface area (Å²) in [5, 5.41) is 13.5. The third-order valence-electron chi connectivity index (χ3n) is 1.77. The molecule has 1 amide bonds. The Kier molecular flexibility index (Phi) is 7.07. The van der Waals surface area contributed by atoms with Crippen LogP contribution in [0.2, 0.25) is 0 Å². The number of halogens is 3. The van der Waals surface area contributed by atoms with Gasteiger partial charge in [0, 0.05) is 6.54 Å². The van der Waals surface area contributed by atoms with Gasteiger partial charge < -0.3 is 15.7 Å². The maximum atomic E-state index is 11.7. The molecule has 4 nitrogen and oxygen atoms in total. The first-order valence-corrected chi connectivity index (χ1v) is 5.07. The van der Waals surface area contributed by atoms with E-state index in [-0.39, 0.29) is 13.1 Å². The first-order valence-electron chi connectivity index (χ1n) is 5.07. The van der Waals surface area contributed by atoms with Crippen molar-refractivity contribution in [3.8, 4) is 0 Å². The molecule has 0 heterocycles. The second-order valence-corrected chi connectivity index (χ2v) is 3.47. The van der Waals surface area contributed by atoms with Crippen molar-refractivity contribution in [1.82, 2.24) is 10.6 Å². The van der Waals surface area contributed by atoms with Crippen LogP contribution in [-0.4, -0.2) is 42.9 Å². The maximum absolute atomic E-state index is 11.7. The summed E-state index contributed by atoms with van der Waals surface area (Å²) in [6, 6.07) is 0. The van der Waals surface area contributed by atoms with Gasteiger partial charge in [-0.25, -0.2) is 0 Å². The summed E-state index contributed by atoms with van der Waals surface area (Å²) in [6.07, 6.45) is -3.56. The van der Waals surface area contributed by atoms with Crippen molar-refractivity contribution < 1.29 is 23.1 Å². The number of amides is 1. The van der Waals surface area contributed by atoms with Gasteiger partial charge in [0.05, 0.1) is 12.6 Å². The minimum atomic E-state index is -4.39. The van der Waals surface area contributed by atoms with E-state index in [0.717, 1.165) is 6.42 Å². The highest BCUT2D eigenvalue weighted by atomic mass is 19.4. The van der Waals surface area contributed by atoms with Crippen LogP contribution in [0, 0.1) is 0 Å². The molecule has 0 radical (unpaired) electrons. The van der Waals surface area contributed by atoms with Gasteiger partial charge in [-0.05, 0) is 6.42 Å². The van der Waals surface area contributed by atoms with Crippen molar-refractivity contribution in [2.24, 2.45) is 0 Å². The van der Waals surface area contributed by atoms with Crippen LogP contribution in [0.1, 0.15) is 19.8 Å². The lowest BCUT2D eigenvalue weighted by Gasteiger charge is -2.11. The fourth-order valence-corrected chi connectivity index (χ4v) is 1.05. The number of carbonyl (C=O) groups is 1. The van der Waals surface area contributed by atoms with Crippen molar-refractivity contribution in [1.29, 1.82) is 0 Å². The first kappa shape index (κ1) is 15.2. The molecule has 0 aromatic heterocycles. The monoisotopic (exact) mass is 242 g/mol. The highest BCUT2D eigenvalue weighted by Gasteiger charge is 2.27. The van der Waals surface area contributed by atoms with Gasteiger partial charge >= 0.3 is 6.18 Å². The Bertz CT molecular complexity index is 209. The molecule has 0 fully saturated rings. The third-order valence-corrected chi connectivity index (χ3v) is 1.77. The summed E-state index contributed by atoms with van der Waals surface area (Å²) in [5.74, 6) is -0.735. The molecule has 0 spiro atoms. The van der Waals surface area contributed by atoms with Crippen LogP contribution in [0.3, 0.4) is 0 Å². The summed E-state index contributed by atoms with van der Waals surface area (Å²) < 4.78 is 35.1. The second kappa shape index (κ2) is 7.45. The topological polar surface area (TPSA) is 61.4 Å². The molecule has 0 saturated heterocycles. The molecule has 0 aliphatic carbocycles. The number of nitrogens with one attached hydrogen (secondary N) is 2. The van der Waals surface area contributed by atoms with Crippen LogP contribution in [0.5, 0.6) is 0 Å². The number of alkyl halides is 3. The molecule has 3 N–H and O–H groups in total. The van der Waals surface area contributed by atoms with E-state index in [1.807, 2.05) is 6.92 Å². The minimum Gasteiger partial charge on any atom is -0.392 e. The van der Waals surface area contributed by atoms with Gasteiger partial charge in [-0.1, -0.05) is 13.3 Å². The van der Waals surface area contributed by atoms with Crippen molar-refractivity contribution in [3.05, 3.63) is 0 Å². The molecule has 1 unspecified atom stereocenters. The van der Waals surface area contributed by atoms with Crippen molar-refractivity contribution in [2.75, 3.05) is 19.6 Å². The van der Waals surface area contributed by atoms with Crippen LogP contribution >= 0.6 is 0 Å². The molecular formula is C9H17F3N2O2. The van der Waals surface area contributed by atoms with Gasteiger partial charge in [0.1, 0.15) is 6.54 Å². The number of rotatable bonds is 7. The zero-order chi connectivity index (χ0) is 12.6. The third kappa shape index (κ3) is 9.72. The SMILES string of the molecule is CCCC(O)CNCC(=O)NCC(F)(F)F. The Morgan fingerprint density at radius 2 is 2.06 bits per heavy atom. The highest BCUT2D eigenvalue weighted by molar-refractivity contribution is 5.77. The van der Waals surface area contributed by atoms with Gasteiger partial charge in [-0.15, -0.1) is 0 Å². The molecule has 0 aromatic carbocycles. The molecule has 0 aliphatic heterocycles. The van der Waals surface area contributed by atoms with E-state index >= 15 is 0 Å². The van der Waals surface area contributed by atoms with Crippen LogP contribution in [0.4, 0.5) is 13.2 Å². The van der Waals surface area contributed by atoms with E-state index in [2.05, 4.69) is 5.32 Å². The molecule has 7 heteroatoms. The quantitative estimate of drug-likeness (QED) is 0.606. The molecule has 0 saturated carbocycles. The van der Waals surface area contributed by atoms with Crippen molar-refractivity contribution in [2.45, 2.75) is 32.0 Å². The zero-order valence-electron chi connectivity index (χ0n) is 9.10. The Morgan fingerprint density at radius 1 is 1.44 bits per heavy atom. The molecule has 0 rings (SSSR count). The van der Waals surface area contributed by atoms with E-state index < -0.39 is 24.7 Å². The largest absolute Gasteiger partial charge is 0.405 e. The number of carbonyl (C=O) groups excluding carboxylic acids is 1. The van der Waals surface area contributed by atoms with Gasteiger partial charge in [0.25, 0.3) is 0 Å². The average Bonchev–Trinajstić information content (AvgIpc) is 2.14. The van der Waals surface area contributed by atoms with Crippen LogP contribution in [0.15, 0.2) is 0 Å². The van der Waals surface area contributed by atoms with E-state index in [1.54, 1.807) is 5.32 Å². The second-order valence-electron chi connectivity index (χ2n) is 3.47. The molecule has 96 valence electrons. The molecular weight excluding hydrogens is 225 g/mol. The van der Waals surface area contributed by atoms with Crippen LogP contribution in [0.25, 0.3) is 0 Å². The Morgan fingerprint density at radius 3 is 2.56 bits per heavy atom. The minimum absolute atomic E-state index is 0.202. The summed E-state index contributed by atoms with van der Waals surface area (Å²) >= 11 is 0. The fraction of sp³-hybridized carbons (Fsp3) is 0.889. The van der Waals surface area contributed by atoms with E-state index in [9.17, 15) is 23.1 Å². The molecule has 1 atom stereocenters. The Balaban J connectivity index is 3.51. The van der Waals surface area contributed by atoms with Gasteiger partial charge in [0.2, 0.25) is 5.91 Å².